The summed E-state index contributed by atoms with van der Waals surface area (Å²) in [4.78, 5) is 13.3. The third-order valence-electron chi connectivity index (χ3n) is 4.12. The second-order valence-corrected chi connectivity index (χ2v) is 8.37. The molecule has 2 aromatic carbocycles. The molecule has 1 N–H and O–H groups in total. The molecule has 1 aliphatic rings. The molecule has 0 saturated carbocycles. The summed E-state index contributed by atoms with van der Waals surface area (Å²) in [6, 6.07) is 8.01. The molecule has 25 heavy (non-hydrogen) atoms. The highest BCUT2D eigenvalue weighted by atomic mass is 35.5. The topological polar surface area (TPSA) is 66.5 Å². The number of rotatable bonds is 3. The fourth-order valence-electron chi connectivity index (χ4n) is 2.82. The average Bonchev–Trinajstić information content (AvgIpc) is 2.93. The maximum atomic E-state index is 12.7. The summed E-state index contributed by atoms with van der Waals surface area (Å²) in [5, 5.41) is 0.452. The standard InChI is InChI=1S/C17H16Cl2N2O3S/c1-10-7-17(15(19)9-14(10)18)25(23,24)20-13-4-3-12-5-6-21(11(2)22)16(12)8-13/h3-4,7-9,20H,5-6H2,1-2H3. The Hall–Kier alpha value is -1.76. The summed E-state index contributed by atoms with van der Waals surface area (Å²) in [5.74, 6) is -0.0740. The van der Waals surface area contributed by atoms with Crippen LogP contribution in [0, 0.1) is 6.92 Å². The molecule has 0 atom stereocenters. The maximum Gasteiger partial charge on any atom is 0.263 e. The molecule has 0 aliphatic carbocycles. The highest BCUT2D eigenvalue weighted by Crippen LogP contribution is 2.33. The van der Waals surface area contributed by atoms with Gasteiger partial charge in [-0.15, -0.1) is 0 Å². The van der Waals surface area contributed by atoms with Crippen molar-refractivity contribution in [2.24, 2.45) is 0 Å². The van der Waals surface area contributed by atoms with E-state index in [1.54, 1.807) is 24.0 Å². The van der Waals surface area contributed by atoms with Gasteiger partial charge in [0, 0.05) is 24.2 Å². The van der Waals surface area contributed by atoms with Gasteiger partial charge in [-0.3, -0.25) is 9.52 Å². The molecule has 0 radical (unpaired) electrons. The van der Waals surface area contributed by atoms with E-state index in [0.29, 0.717) is 22.8 Å². The molecule has 1 aliphatic heterocycles. The molecule has 0 unspecified atom stereocenters. The number of carbonyl (C=O) groups is 1. The number of amides is 1. The van der Waals surface area contributed by atoms with E-state index in [1.807, 2.05) is 6.07 Å². The van der Waals surface area contributed by atoms with Crippen LogP contribution in [0.25, 0.3) is 0 Å². The molecule has 3 rings (SSSR count). The SMILES string of the molecule is CC(=O)N1CCc2ccc(NS(=O)(=O)c3cc(C)c(Cl)cc3Cl)cc21. The van der Waals surface area contributed by atoms with E-state index < -0.39 is 10.0 Å². The van der Waals surface area contributed by atoms with Gasteiger partial charge in [0.05, 0.1) is 10.7 Å². The van der Waals surface area contributed by atoms with Crippen molar-refractivity contribution in [1.82, 2.24) is 0 Å². The quantitative estimate of drug-likeness (QED) is 0.848. The van der Waals surface area contributed by atoms with Gasteiger partial charge in [0.2, 0.25) is 5.91 Å². The van der Waals surface area contributed by atoms with Gasteiger partial charge in [-0.1, -0.05) is 29.3 Å². The molecule has 0 spiro atoms. The number of aryl methyl sites for hydroxylation is 1. The number of nitrogens with one attached hydrogen (secondary N) is 1. The summed E-state index contributed by atoms with van der Waals surface area (Å²) >= 11 is 12.0. The first kappa shape index (κ1) is 18.0. The Bertz CT molecular complexity index is 974. The fourth-order valence-corrected chi connectivity index (χ4v) is 4.70. The first-order valence-electron chi connectivity index (χ1n) is 7.58. The minimum Gasteiger partial charge on any atom is -0.312 e. The van der Waals surface area contributed by atoms with Crippen LogP contribution in [0.2, 0.25) is 10.0 Å². The van der Waals surface area contributed by atoms with Crippen molar-refractivity contribution in [2.75, 3.05) is 16.2 Å². The van der Waals surface area contributed by atoms with E-state index in [4.69, 9.17) is 23.2 Å². The van der Waals surface area contributed by atoms with Crippen molar-refractivity contribution in [3.8, 4) is 0 Å². The van der Waals surface area contributed by atoms with Crippen molar-refractivity contribution in [3.63, 3.8) is 0 Å². The number of carbonyl (C=O) groups excluding carboxylic acids is 1. The number of fused-ring (bicyclic) bond motifs is 1. The number of anilines is 2. The number of halogens is 2. The third kappa shape index (κ3) is 3.47. The van der Waals surface area contributed by atoms with Gasteiger partial charge >= 0.3 is 0 Å². The number of hydrogen-bond acceptors (Lipinski definition) is 3. The van der Waals surface area contributed by atoms with Gasteiger partial charge in [-0.05, 0) is 48.7 Å². The lowest BCUT2D eigenvalue weighted by Gasteiger charge is -2.16. The summed E-state index contributed by atoms with van der Waals surface area (Å²) in [6.07, 6.45) is 0.754. The minimum absolute atomic E-state index is 0.0417. The van der Waals surface area contributed by atoms with Crippen LogP contribution in [0.5, 0.6) is 0 Å². The van der Waals surface area contributed by atoms with E-state index in [0.717, 1.165) is 17.7 Å². The van der Waals surface area contributed by atoms with Crippen LogP contribution in [-0.4, -0.2) is 20.9 Å². The second kappa shape index (κ2) is 6.52. The molecule has 2 aromatic rings. The monoisotopic (exact) mass is 398 g/mol. The molecular formula is C17H16Cl2N2O3S. The Labute approximate surface area is 156 Å². The van der Waals surface area contributed by atoms with Crippen LogP contribution in [0.3, 0.4) is 0 Å². The van der Waals surface area contributed by atoms with Crippen molar-refractivity contribution in [2.45, 2.75) is 25.2 Å². The summed E-state index contributed by atoms with van der Waals surface area (Å²) < 4.78 is 27.9. The fraction of sp³-hybridized carbons (Fsp3) is 0.235. The van der Waals surface area contributed by atoms with E-state index in [-0.39, 0.29) is 15.8 Å². The number of nitrogens with zero attached hydrogens (tertiary/aromatic N) is 1. The molecular weight excluding hydrogens is 383 g/mol. The second-order valence-electron chi connectivity index (χ2n) is 5.90. The lowest BCUT2D eigenvalue weighted by molar-refractivity contribution is -0.116. The van der Waals surface area contributed by atoms with Crippen LogP contribution in [0.15, 0.2) is 35.2 Å². The van der Waals surface area contributed by atoms with Crippen LogP contribution in [-0.2, 0) is 21.2 Å². The molecule has 0 saturated heterocycles. The van der Waals surface area contributed by atoms with E-state index in [1.165, 1.54) is 19.1 Å². The number of sulfonamides is 1. The molecule has 8 heteroatoms. The Morgan fingerprint density at radius 1 is 1.16 bits per heavy atom. The predicted molar refractivity (Wildman–Crippen MR) is 100 cm³/mol. The maximum absolute atomic E-state index is 12.7. The van der Waals surface area contributed by atoms with Gasteiger partial charge < -0.3 is 4.90 Å². The smallest absolute Gasteiger partial charge is 0.263 e. The number of benzene rings is 2. The van der Waals surface area contributed by atoms with E-state index in [2.05, 4.69) is 4.72 Å². The minimum atomic E-state index is -3.88. The molecule has 0 bridgehead atoms. The Morgan fingerprint density at radius 3 is 2.56 bits per heavy atom. The molecule has 132 valence electrons. The Morgan fingerprint density at radius 2 is 1.88 bits per heavy atom. The normalized spacial score (nSPS) is 13.7. The van der Waals surface area contributed by atoms with Crippen LogP contribution < -0.4 is 9.62 Å². The van der Waals surface area contributed by atoms with Crippen molar-refractivity contribution in [1.29, 1.82) is 0 Å². The van der Waals surface area contributed by atoms with E-state index >= 15 is 0 Å². The lowest BCUT2D eigenvalue weighted by Crippen LogP contribution is -2.25. The predicted octanol–water partition coefficient (Wildman–Crippen LogP) is 4.01. The van der Waals surface area contributed by atoms with Gasteiger partial charge in [0.25, 0.3) is 10.0 Å². The van der Waals surface area contributed by atoms with Crippen molar-refractivity contribution in [3.05, 3.63) is 51.5 Å². The van der Waals surface area contributed by atoms with E-state index in [9.17, 15) is 13.2 Å². The first-order chi connectivity index (χ1) is 11.7. The average molecular weight is 399 g/mol. The molecule has 5 nitrogen and oxygen atoms in total. The Kier molecular flexibility index (Phi) is 4.70. The van der Waals surface area contributed by atoms with Crippen LogP contribution >= 0.6 is 23.2 Å². The lowest BCUT2D eigenvalue weighted by atomic mass is 10.1. The molecule has 1 amide bonds. The number of hydrogen-bond donors (Lipinski definition) is 1. The highest BCUT2D eigenvalue weighted by Gasteiger charge is 2.24. The zero-order chi connectivity index (χ0) is 18.4. The molecule has 0 aromatic heterocycles. The zero-order valence-electron chi connectivity index (χ0n) is 13.6. The Balaban J connectivity index is 1.96. The van der Waals surface area contributed by atoms with Gasteiger partial charge in [0.15, 0.2) is 0 Å². The van der Waals surface area contributed by atoms with Gasteiger partial charge in [0.1, 0.15) is 4.90 Å². The largest absolute Gasteiger partial charge is 0.312 e. The van der Waals surface area contributed by atoms with Crippen molar-refractivity contribution < 1.29 is 13.2 Å². The zero-order valence-corrected chi connectivity index (χ0v) is 16.0. The van der Waals surface area contributed by atoms with Crippen LogP contribution in [0.1, 0.15) is 18.1 Å². The summed E-state index contributed by atoms with van der Waals surface area (Å²) in [7, 11) is -3.88. The highest BCUT2D eigenvalue weighted by molar-refractivity contribution is 7.92. The molecule has 1 heterocycles. The summed E-state index contributed by atoms with van der Waals surface area (Å²) in [6.45, 7) is 3.79. The summed E-state index contributed by atoms with van der Waals surface area (Å²) in [5.41, 5.74) is 2.73. The van der Waals surface area contributed by atoms with Crippen molar-refractivity contribution >= 4 is 50.5 Å². The van der Waals surface area contributed by atoms with Crippen LogP contribution in [0.4, 0.5) is 11.4 Å². The third-order valence-corrected chi connectivity index (χ3v) is 6.37. The molecule has 0 fully saturated rings. The first-order valence-corrected chi connectivity index (χ1v) is 9.82. The van der Waals surface area contributed by atoms with Gasteiger partial charge in [-0.25, -0.2) is 8.42 Å². The van der Waals surface area contributed by atoms with Gasteiger partial charge in [-0.2, -0.15) is 0 Å².